The molecule has 0 unspecified atom stereocenters. The number of hydrogen-bond donors (Lipinski definition) is 1. The lowest BCUT2D eigenvalue weighted by atomic mass is 10.2. The molecule has 8 heteroatoms. The van der Waals surface area contributed by atoms with Gasteiger partial charge >= 0.3 is 5.97 Å². The summed E-state index contributed by atoms with van der Waals surface area (Å²) >= 11 is 5.65. The molecule has 0 spiro atoms. The number of nitrogens with zero attached hydrogens (tertiary/aromatic N) is 2. The van der Waals surface area contributed by atoms with E-state index in [4.69, 9.17) is 21.7 Å². The van der Waals surface area contributed by atoms with Crippen molar-refractivity contribution in [2.24, 2.45) is 0 Å². The van der Waals surface area contributed by atoms with Gasteiger partial charge in [0.1, 0.15) is 5.82 Å². The number of anilines is 1. The van der Waals surface area contributed by atoms with Gasteiger partial charge in [-0.15, -0.1) is 0 Å². The largest absolute Gasteiger partial charge is 0.462 e. The minimum atomic E-state index is -0.358. The van der Waals surface area contributed by atoms with Crippen molar-refractivity contribution in [1.82, 2.24) is 9.80 Å². The molecule has 2 aromatic rings. The van der Waals surface area contributed by atoms with Crippen molar-refractivity contribution in [2.75, 3.05) is 51.3 Å². The maximum absolute atomic E-state index is 14.3. The van der Waals surface area contributed by atoms with Gasteiger partial charge in [0.05, 0.1) is 25.4 Å². The maximum atomic E-state index is 14.3. The zero-order valence-corrected chi connectivity index (χ0v) is 18.5. The lowest BCUT2D eigenvalue weighted by molar-refractivity contribution is 0.0358. The standard InChI is InChI=1S/C23H28FN3O3S/c1-2-30-22(28)18-7-9-20(10-8-18)25-23(31)27(12-11-26-13-15-29-16-14-26)17-19-5-3-4-6-21(19)24/h3-10H,2,11-17H2,1H3,(H,25,31). The second-order valence-electron chi connectivity index (χ2n) is 7.19. The molecule has 1 aliphatic heterocycles. The first-order valence-corrected chi connectivity index (χ1v) is 10.8. The first-order valence-electron chi connectivity index (χ1n) is 10.4. The molecule has 1 aliphatic rings. The van der Waals surface area contributed by atoms with Crippen molar-refractivity contribution in [3.63, 3.8) is 0 Å². The Labute approximate surface area is 187 Å². The second kappa shape index (κ2) is 11.7. The van der Waals surface area contributed by atoms with Crippen LogP contribution in [0.5, 0.6) is 0 Å². The predicted octanol–water partition coefficient (Wildman–Crippen LogP) is 3.53. The van der Waals surface area contributed by atoms with Gasteiger partial charge in [-0.25, -0.2) is 9.18 Å². The Hall–Kier alpha value is -2.55. The van der Waals surface area contributed by atoms with E-state index in [9.17, 15) is 9.18 Å². The van der Waals surface area contributed by atoms with Gasteiger partial charge < -0.3 is 19.7 Å². The summed E-state index contributed by atoms with van der Waals surface area (Å²) in [6.07, 6.45) is 0. The minimum Gasteiger partial charge on any atom is -0.462 e. The Morgan fingerprint density at radius 2 is 1.90 bits per heavy atom. The summed E-state index contributed by atoms with van der Waals surface area (Å²) in [7, 11) is 0. The molecular formula is C23H28FN3O3S. The monoisotopic (exact) mass is 445 g/mol. The molecule has 6 nitrogen and oxygen atoms in total. The summed E-state index contributed by atoms with van der Waals surface area (Å²) < 4.78 is 24.7. The fourth-order valence-corrected chi connectivity index (χ4v) is 3.55. The minimum absolute atomic E-state index is 0.250. The van der Waals surface area contributed by atoms with Crippen molar-refractivity contribution in [3.8, 4) is 0 Å². The molecule has 0 aliphatic carbocycles. The Balaban J connectivity index is 1.67. The molecule has 0 radical (unpaired) electrons. The van der Waals surface area contributed by atoms with Gasteiger partial charge in [0.15, 0.2) is 5.11 Å². The summed E-state index contributed by atoms with van der Waals surface area (Å²) in [6, 6.07) is 13.7. The smallest absolute Gasteiger partial charge is 0.338 e. The number of thiocarbonyl (C=S) groups is 1. The van der Waals surface area contributed by atoms with Crippen LogP contribution in [0.2, 0.25) is 0 Å². The highest BCUT2D eigenvalue weighted by Gasteiger charge is 2.17. The number of esters is 1. The molecule has 1 fully saturated rings. The van der Waals surface area contributed by atoms with E-state index >= 15 is 0 Å². The first kappa shape index (κ1) is 23.1. The van der Waals surface area contributed by atoms with E-state index in [-0.39, 0.29) is 11.8 Å². The van der Waals surface area contributed by atoms with E-state index in [0.29, 0.717) is 35.9 Å². The zero-order valence-electron chi connectivity index (χ0n) is 17.7. The molecule has 0 saturated carbocycles. The summed E-state index contributed by atoms with van der Waals surface area (Å²) in [4.78, 5) is 16.1. The third kappa shape index (κ3) is 6.99. The van der Waals surface area contributed by atoms with E-state index in [0.717, 1.165) is 38.5 Å². The topological polar surface area (TPSA) is 54.0 Å². The highest BCUT2D eigenvalue weighted by molar-refractivity contribution is 7.80. The van der Waals surface area contributed by atoms with Gasteiger partial charge in [0.25, 0.3) is 0 Å². The van der Waals surface area contributed by atoms with E-state index in [1.54, 1.807) is 43.3 Å². The number of nitrogens with one attached hydrogen (secondary N) is 1. The van der Waals surface area contributed by atoms with Gasteiger partial charge in [0.2, 0.25) is 0 Å². The van der Waals surface area contributed by atoms with Crippen molar-refractivity contribution >= 4 is 29.0 Å². The van der Waals surface area contributed by atoms with Crippen LogP contribution in [-0.4, -0.2) is 66.9 Å². The molecule has 2 aromatic carbocycles. The number of hydrogen-bond acceptors (Lipinski definition) is 5. The Bertz CT molecular complexity index is 873. The van der Waals surface area contributed by atoms with Crippen LogP contribution < -0.4 is 5.32 Å². The molecule has 0 aromatic heterocycles. The highest BCUT2D eigenvalue weighted by Crippen LogP contribution is 2.15. The third-order valence-corrected chi connectivity index (χ3v) is 5.40. The number of carbonyl (C=O) groups is 1. The van der Waals surface area contributed by atoms with Gasteiger partial charge in [0, 0.05) is 44.0 Å². The van der Waals surface area contributed by atoms with Crippen LogP contribution in [0.1, 0.15) is 22.8 Å². The molecule has 1 N–H and O–H groups in total. The lowest BCUT2D eigenvalue weighted by Crippen LogP contribution is -2.44. The molecular weight excluding hydrogens is 417 g/mol. The highest BCUT2D eigenvalue weighted by atomic mass is 32.1. The summed E-state index contributed by atoms with van der Waals surface area (Å²) in [5, 5.41) is 3.71. The number of morpholine rings is 1. The van der Waals surface area contributed by atoms with E-state index in [1.165, 1.54) is 6.07 Å². The number of carbonyl (C=O) groups excluding carboxylic acids is 1. The van der Waals surface area contributed by atoms with Crippen LogP contribution in [0.25, 0.3) is 0 Å². The number of halogens is 1. The first-order chi connectivity index (χ1) is 15.1. The van der Waals surface area contributed by atoms with Crippen molar-refractivity contribution in [1.29, 1.82) is 0 Å². The Morgan fingerprint density at radius 3 is 2.58 bits per heavy atom. The number of rotatable bonds is 8. The predicted molar refractivity (Wildman–Crippen MR) is 123 cm³/mol. The van der Waals surface area contributed by atoms with Gasteiger partial charge in [-0.05, 0) is 49.5 Å². The van der Waals surface area contributed by atoms with Crippen molar-refractivity contribution in [3.05, 3.63) is 65.5 Å². The lowest BCUT2D eigenvalue weighted by Gasteiger charge is -2.31. The average Bonchev–Trinajstić information content (AvgIpc) is 2.79. The van der Waals surface area contributed by atoms with E-state index in [1.807, 2.05) is 11.0 Å². The number of benzene rings is 2. The SMILES string of the molecule is CCOC(=O)c1ccc(NC(=S)N(CCN2CCOCC2)Cc2ccccc2F)cc1. The third-order valence-electron chi connectivity index (χ3n) is 5.04. The quantitative estimate of drug-likeness (QED) is 0.493. The second-order valence-corrected chi connectivity index (χ2v) is 7.58. The van der Waals surface area contributed by atoms with E-state index in [2.05, 4.69) is 10.2 Å². The molecule has 3 rings (SSSR count). The summed E-state index contributed by atoms with van der Waals surface area (Å²) in [6.45, 7) is 7.13. The molecule has 1 saturated heterocycles. The van der Waals surface area contributed by atoms with Crippen LogP contribution in [0, 0.1) is 5.82 Å². The van der Waals surface area contributed by atoms with E-state index < -0.39 is 0 Å². The average molecular weight is 446 g/mol. The summed E-state index contributed by atoms with van der Waals surface area (Å²) in [5.41, 5.74) is 1.82. The molecule has 1 heterocycles. The number of ether oxygens (including phenoxy) is 2. The molecule has 0 amide bonds. The van der Waals surface area contributed by atoms with Crippen LogP contribution in [0.3, 0.4) is 0 Å². The van der Waals surface area contributed by atoms with Crippen LogP contribution in [0.15, 0.2) is 48.5 Å². The summed E-state index contributed by atoms with van der Waals surface area (Å²) in [5.74, 6) is -0.608. The van der Waals surface area contributed by atoms with Gasteiger partial charge in [-0.2, -0.15) is 0 Å². The Kier molecular flexibility index (Phi) is 8.75. The van der Waals surface area contributed by atoms with Crippen LogP contribution in [0.4, 0.5) is 10.1 Å². The Morgan fingerprint density at radius 1 is 1.19 bits per heavy atom. The van der Waals surface area contributed by atoms with Crippen LogP contribution >= 0.6 is 12.2 Å². The fraction of sp³-hybridized carbons (Fsp3) is 0.391. The maximum Gasteiger partial charge on any atom is 0.338 e. The van der Waals surface area contributed by atoms with Crippen molar-refractivity contribution < 1.29 is 18.7 Å². The molecule has 166 valence electrons. The zero-order chi connectivity index (χ0) is 22.1. The molecule has 31 heavy (non-hydrogen) atoms. The normalized spacial score (nSPS) is 14.1. The van der Waals surface area contributed by atoms with Crippen molar-refractivity contribution in [2.45, 2.75) is 13.5 Å². The van der Waals surface area contributed by atoms with Gasteiger partial charge in [-0.3, -0.25) is 4.90 Å². The molecule has 0 atom stereocenters. The van der Waals surface area contributed by atoms with Crippen LogP contribution in [-0.2, 0) is 16.0 Å². The molecule has 0 bridgehead atoms. The van der Waals surface area contributed by atoms with Gasteiger partial charge in [-0.1, -0.05) is 18.2 Å². The fourth-order valence-electron chi connectivity index (χ4n) is 3.28.